The van der Waals surface area contributed by atoms with Gasteiger partial charge in [0.05, 0.1) is 11.6 Å². The Balaban J connectivity index is 2.19. The Morgan fingerprint density at radius 3 is 3.00 bits per heavy atom. The molecular formula is C13H12N2O3. The Labute approximate surface area is 104 Å². The Hall–Kier alpha value is -2.35. The summed E-state index contributed by atoms with van der Waals surface area (Å²) < 4.78 is 0. The van der Waals surface area contributed by atoms with Gasteiger partial charge in [-0.25, -0.2) is 4.79 Å². The van der Waals surface area contributed by atoms with Gasteiger partial charge in [-0.05, 0) is 24.1 Å². The van der Waals surface area contributed by atoms with Gasteiger partial charge < -0.3 is 10.0 Å². The van der Waals surface area contributed by atoms with Crippen molar-refractivity contribution in [3.8, 4) is 6.07 Å². The van der Waals surface area contributed by atoms with Crippen LogP contribution in [0.15, 0.2) is 24.3 Å². The molecule has 0 radical (unpaired) electrons. The highest BCUT2D eigenvalue weighted by molar-refractivity contribution is 5.87. The minimum absolute atomic E-state index is 0.148. The van der Waals surface area contributed by atoms with E-state index in [0.29, 0.717) is 12.0 Å². The van der Waals surface area contributed by atoms with Crippen LogP contribution in [0.1, 0.15) is 24.0 Å². The number of amides is 1. The molecule has 1 aliphatic heterocycles. The number of nitrogens with zero attached hydrogens (tertiary/aromatic N) is 2. The van der Waals surface area contributed by atoms with Crippen LogP contribution < -0.4 is 0 Å². The van der Waals surface area contributed by atoms with Crippen molar-refractivity contribution >= 4 is 11.9 Å². The number of carboxylic acid groups (broad SMARTS) is 1. The van der Waals surface area contributed by atoms with Crippen molar-refractivity contribution in [1.29, 1.82) is 5.26 Å². The molecule has 1 aliphatic rings. The number of hydrogen-bond donors (Lipinski definition) is 1. The fraction of sp³-hybridized carbons (Fsp3) is 0.308. The third kappa shape index (κ3) is 2.33. The number of carboxylic acids is 1. The lowest BCUT2D eigenvalue weighted by atomic mass is 10.1. The number of carbonyl (C=O) groups excluding carboxylic acids is 1. The Morgan fingerprint density at radius 1 is 1.56 bits per heavy atom. The zero-order chi connectivity index (χ0) is 13.1. The molecular weight excluding hydrogens is 232 g/mol. The maximum absolute atomic E-state index is 11.6. The number of hydrogen-bond acceptors (Lipinski definition) is 3. The van der Waals surface area contributed by atoms with Crippen LogP contribution in [0.3, 0.4) is 0 Å². The number of benzene rings is 1. The molecule has 18 heavy (non-hydrogen) atoms. The zero-order valence-corrected chi connectivity index (χ0v) is 9.67. The zero-order valence-electron chi connectivity index (χ0n) is 9.67. The third-order valence-electron chi connectivity index (χ3n) is 3.02. The average molecular weight is 244 g/mol. The molecule has 1 aromatic rings. The fourth-order valence-corrected chi connectivity index (χ4v) is 2.12. The van der Waals surface area contributed by atoms with Gasteiger partial charge >= 0.3 is 5.97 Å². The minimum atomic E-state index is -0.975. The SMILES string of the molecule is N#Cc1cccc(CN2C(=O)CC[C@@H]2C(=O)O)c1. The standard InChI is InChI=1S/C13H12N2O3/c14-7-9-2-1-3-10(6-9)8-15-11(13(17)18)4-5-12(15)16/h1-3,6,11H,4-5,8H2,(H,17,18)/t11-/m1/s1. The van der Waals surface area contributed by atoms with Crippen LogP contribution in [0.2, 0.25) is 0 Å². The van der Waals surface area contributed by atoms with Crippen LogP contribution in [0.5, 0.6) is 0 Å². The molecule has 92 valence electrons. The molecule has 5 nitrogen and oxygen atoms in total. The van der Waals surface area contributed by atoms with Crippen molar-refractivity contribution in [3.63, 3.8) is 0 Å². The molecule has 0 saturated carbocycles. The van der Waals surface area contributed by atoms with Crippen molar-refractivity contribution < 1.29 is 14.7 Å². The van der Waals surface area contributed by atoms with Crippen molar-refractivity contribution in [1.82, 2.24) is 4.90 Å². The molecule has 0 aromatic heterocycles. The first-order chi connectivity index (χ1) is 8.61. The maximum Gasteiger partial charge on any atom is 0.326 e. The van der Waals surface area contributed by atoms with Crippen LogP contribution in [-0.4, -0.2) is 27.9 Å². The Bertz CT molecular complexity index is 533. The molecule has 1 saturated heterocycles. The van der Waals surface area contributed by atoms with Gasteiger partial charge in [-0.15, -0.1) is 0 Å². The Morgan fingerprint density at radius 2 is 2.33 bits per heavy atom. The molecule has 1 atom stereocenters. The number of likely N-dealkylation sites (tertiary alicyclic amines) is 1. The molecule has 1 amide bonds. The summed E-state index contributed by atoms with van der Waals surface area (Å²) in [5.41, 5.74) is 1.28. The van der Waals surface area contributed by atoms with Crippen LogP contribution >= 0.6 is 0 Å². The van der Waals surface area contributed by atoms with Crippen molar-refractivity contribution in [2.75, 3.05) is 0 Å². The van der Waals surface area contributed by atoms with Gasteiger partial charge in [-0.2, -0.15) is 5.26 Å². The van der Waals surface area contributed by atoms with Gasteiger partial charge in [0, 0.05) is 13.0 Å². The number of rotatable bonds is 3. The lowest BCUT2D eigenvalue weighted by molar-refractivity contribution is -0.146. The minimum Gasteiger partial charge on any atom is -0.480 e. The lowest BCUT2D eigenvalue weighted by Crippen LogP contribution is -2.37. The highest BCUT2D eigenvalue weighted by atomic mass is 16.4. The summed E-state index contributed by atoms with van der Waals surface area (Å²) >= 11 is 0. The number of nitriles is 1. The summed E-state index contributed by atoms with van der Waals surface area (Å²) in [5, 5.41) is 17.8. The van der Waals surface area contributed by atoms with Gasteiger partial charge in [0.25, 0.3) is 0 Å². The topological polar surface area (TPSA) is 81.4 Å². The van der Waals surface area contributed by atoms with E-state index in [2.05, 4.69) is 0 Å². The number of aliphatic carboxylic acids is 1. The van der Waals surface area contributed by atoms with Crippen molar-refractivity contribution in [3.05, 3.63) is 35.4 Å². The first-order valence-electron chi connectivity index (χ1n) is 5.63. The van der Waals surface area contributed by atoms with Gasteiger partial charge in [-0.1, -0.05) is 12.1 Å². The predicted octanol–water partition coefficient (Wildman–Crippen LogP) is 1.13. The highest BCUT2D eigenvalue weighted by Gasteiger charge is 2.35. The molecule has 0 unspecified atom stereocenters. The normalized spacial score (nSPS) is 18.7. The van der Waals surface area contributed by atoms with E-state index in [9.17, 15) is 9.59 Å². The van der Waals surface area contributed by atoms with E-state index in [-0.39, 0.29) is 18.9 Å². The molecule has 5 heteroatoms. The first kappa shape index (κ1) is 12.1. The maximum atomic E-state index is 11.6. The molecule has 0 aliphatic carbocycles. The largest absolute Gasteiger partial charge is 0.480 e. The van der Waals surface area contributed by atoms with E-state index in [1.54, 1.807) is 24.3 Å². The summed E-state index contributed by atoms with van der Waals surface area (Å²) in [6.07, 6.45) is 0.626. The first-order valence-corrected chi connectivity index (χ1v) is 5.63. The summed E-state index contributed by atoms with van der Waals surface area (Å²) in [6.45, 7) is 0.241. The van der Waals surface area contributed by atoms with Crippen LogP contribution in [0.4, 0.5) is 0 Å². The molecule has 1 N–H and O–H groups in total. The summed E-state index contributed by atoms with van der Waals surface area (Å²) in [6, 6.07) is 8.12. The van der Waals surface area contributed by atoms with E-state index < -0.39 is 12.0 Å². The molecule has 1 aromatic carbocycles. The van der Waals surface area contributed by atoms with Gasteiger partial charge in [0.15, 0.2) is 0 Å². The van der Waals surface area contributed by atoms with E-state index in [1.807, 2.05) is 6.07 Å². The Kier molecular flexibility index (Phi) is 3.28. The smallest absolute Gasteiger partial charge is 0.326 e. The van der Waals surface area contributed by atoms with Crippen LogP contribution in [0, 0.1) is 11.3 Å². The summed E-state index contributed by atoms with van der Waals surface area (Å²) in [4.78, 5) is 24.0. The van der Waals surface area contributed by atoms with Crippen LogP contribution in [0.25, 0.3) is 0 Å². The van der Waals surface area contributed by atoms with E-state index in [1.165, 1.54) is 4.90 Å². The highest BCUT2D eigenvalue weighted by Crippen LogP contribution is 2.21. The summed E-state index contributed by atoms with van der Waals surface area (Å²) in [5.74, 6) is -1.12. The third-order valence-corrected chi connectivity index (χ3v) is 3.02. The molecule has 0 bridgehead atoms. The van der Waals surface area contributed by atoms with E-state index in [0.717, 1.165) is 5.56 Å². The van der Waals surface area contributed by atoms with E-state index >= 15 is 0 Å². The van der Waals surface area contributed by atoms with Gasteiger partial charge in [-0.3, -0.25) is 4.79 Å². The van der Waals surface area contributed by atoms with E-state index in [4.69, 9.17) is 10.4 Å². The molecule has 0 spiro atoms. The molecule has 2 rings (SSSR count). The average Bonchev–Trinajstić information content (AvgIpc) is 2.71. The molecule has 1 heterocycles. The van der Waals surface area contributed by atoms with Gasteiger partial charge in [0.2, 0.25) is 5.91 Å². The van der Waals surface area contributed by atoms with Crippen molar-refractivity contribution in [2.24, 2.45) is 0 Å². The van der Waals surface area contributed by atoms with Crippen molar-refractivity contribution in [2.45, 2.75) is 25.4 Å². The fourth-order valence-electron chi connectivity index (χ4n) is 2.12. The lowest BCUT2D eigenvalue weighted by Gasteiger charge is -2.21. The quantitative estimate of drug-likeness (QED) is 0.864. The molecule has 1 fully saturated rings. The number of carbonyl (C=O) groups is 2. The second-order valence-electron chi connectivity index (χ2n) is 4.23. The summed E-state index contributed by atoms with van der Waals surface area (Å²) in [7, 11) is 0. The predicted molar refractivity (Wildman–Crippen MR) is 62.4 cm³/mol. The monoisotopic (exact) mass is 244 g/mol. The van der Waals surface area contributed by atoms with Crippen LogP contribution in [-0.2, 0) is 16.1 Å². The second-order valence-corrected chi connectivity index (χ2v) is 4.23. The van der Waals surface area contributed by atoms with Gasteiger partial charge in [0.1, 0.15) is 6.04 Å². The second kappa shape index (κ2) is 4.88.